The van der Waals surface area contributed by atoms with E-state index in [4.69, 9.17) is 10.5 Å². The summed E-state index contributed by atoms with van der Waals surface area (Å²) in [6.45, 7) is 4.59. The van der Waals surface area contributed by atoms with Gasteiger partial charge in [-0.3, -0.25) is 0 Å². The first kappa shape index (κ1) is 13.5. The molecule has 1 atom stereocenters. The molecule has 100 valence electrons. The first-order chi connectivity index (χ1) is 8.78. The van der Waals surface area contributed by atoms with Crippen LogP contribution in [0.3, 0.4) is 0 Å². The highest BCUT2D eigenvalue weighted by Crippen LogP contribution is 2.15. The van der Waals surface area contributed by atoms with Gasteiger partial charge in [0, 0.05) is 26.2 Å². The van der Waals surface area contributed by atoms with Gasteiger partial charge in [0.1, 0.15) is 0 Å². The molecule has 18 heavy (non-hydrogen) atoms. The highest BCUT2D eigenvalue weighted by Gasteiger charge is 2.15. The van der Waals surface area contributed by atoms with Crippen molar-refractivity contribution in [3.63, 3.8) is 0 Å². The van der Waals surface area contributed by atoms with E-state index in [1.165, 1.54) is 24.0 Å². The van der Waals surface area contributed by atoms with Crippen molar-refractivity contribution in [1.29, 1.82) is 0 Å². The summed E-state index contributed by atoms with van der Waals surface area (Å²) >= 11 is 0. The van der Waals surface area contributed by atoms with Crippen molar-refractivity contribution in [3.05, 3.63) is 35.4 Å². The van der Waals surface area contributed by atoms with Gasteiger partial charge in [0.25, 0.3) is 0 Å². The number of nitrogens with two attached hydrogens (primary N) is 1. The topological polar surface area (TPSA) is 38.5 Å². The lowest BCUT2D eigenvalue weighted by Gasteiger charge is -2.27. The minimum absolute atomic E-state index is 0.619. The van der Waals surface area contributed by atoms with Crippen LogP contribution in [0.25, 0.3) is 0 Å². The Bertz CT molecular complexity index is 361. The average Bonchev–Trinajstić information content (AvgIpc) is 2.40. The van der Waals surface area contributed by atoms with Gasteiger partial charge in [0.2, 0.25) is 0 Å². The third-order valence-electron chi connectivity index (χ3n) is 3.50. The van der Waals surface area contributed by atoms with Gasteiger partial charge in [-0.25, -0.2) is 0 Å². The van der Waals surface area contributed by atoms with Crippen molar-refractivity contribution in [2.24, 2.45) is 11.7 Å². The van der Waals surface area contributed by atoms with Crippen molar-refractivity contribution in [2.75, 3.05) is 26.8 Å². The molecule has 0 amide bonds. The Morgan fingerprint density at radius 2 is 2.22 bits per heavy atom. The van der Waals surface area contributed by atoms with Crippen LogP contribution < -0.4 is 5.73 Å². The highest BCUT2D eigenvalue weighted by atomic mass is 16.5. The molecule has 0 radical (unpaired) electrons. The van der Waals surface area contributed by atoms with Crippen LogP contribution in [-0.4, -0.2) is 31.7 Å². The zero-order valence-electron chi connectivity index (χ0n) is 11.3. The fourth-order valence-electron chi connectivity index (χ4n) is 2.62. The van der Waals surface area contributed by atoms with Crippen molar-refractivity contribution < 1.29 is 4.74 Å². The Morgan fingerprint density at radius 1 is 1.39 bits per heavy atom. The van der Waals surface area contributed by atoms with E-state index >= 15 is 0 Å². The van der Waals surface area contributed by atoms with Crippen LogP contribution in [0.1, 0.15) is 24.0 Å². The van der Waals surface area contributed by atoms with Crippen LogP contribution in [0.4, 0.5) is 0 Å². The van der Waals surface area contributed by atoms with Crippen LogP contribution in [0.15, 0.2) is 24.3 Å². The second-order valence-corrected chi connectivity index (χ2v) is 5.30. The predicted octanol–water partition coefficient (Wildman–Crippen LogP) is 2.00. The smallest absolute Gasteiger partial charge is 0.0506 e. The minimum Gasteiger partial charge on any atom is -0.381 e. The van der Waals surface area contributed by atoms with Gasteiger partial charge in [-0.1, -0.05) is 24.3 Å². The Kier molecular flexibility index (Phi) is 5.17. The quantitative estimate of drug-likeness (QED) is 0.866. The van der Waals surface area contributed by atoms with Crippen LogP contribution in [-0.2, 0) is 17.8 Å². The third kappa shape index (κ3) is 4.09. The third-order valence-corrected chi connectivity index (χ3v) is 3.50. The molecule has 0 aliphatic carbocycles. The summed E-state index contributed by atoms with van der Waals surface area (Å²) in [7, 11) is 2.18. The monoisotopic (exact) mass is 248 g/mol. The molecular weight excluding hydrogens is 224 g/mol. The maximum absolute atomic E-state index is 5.67. The van der Waals surface area contributed by atoms with Crippen LogP contribution in [0.2, 0.25) is 0 Å². The van der Waals surface area contributed by atoms with Crippen molar-refractivity contribution in [2.45, 2.75) is 25.9 Å². The largest absolute Gasteiger partial charge is 0.381 e. The molecule has 1 heterocycles. The Labute approximate surface area is 110 Å². The highest BCUT2D eigenvalue weighted by molar-refractivity contribution is 5.23. The molecule has 1 aromatic carbocycles. The number of hydrogen-bond acceptors (Lipinski definition) is 3. The summed E-state index contributed by atoms with van der Waals surface area (Å²) in [5.41, 5.74) is 8.22. The van der Waals surface area contributed by atoms with Crippen molar-refractivity contribution in [1.82, 2.24) is 4.90 Å². The van der Waals surface area contributed by atoms with E-state index in [0.717, 1.165) is 26.3 Å². The molecule has 0 spiro atoms. The van der Waals surface area contributed by atoms with Gasteiger partial charge in [0.15, 0.2) is 0 Å². The maximum atomic E-state index is 5.67. The zero-order chi connectivity index (χ0) is 12.8. The summed E-state index contributed by atoms with van der Waals surface area (Å²) in [4.78, 5) is 2.38. The standard InChI is InChI=1S/C15H24N2O/c1-17(11-15-6-3-7-18-12-15)10-14-5-2-4-13(8-14)9-16/h2,4-5,8,15H,3,6-7,9-12,16H2,1H3. The molecule has 1 saturated heterocycles. The second-order valence-electron chi connectivity index (χ2n) is 5.30. The van der Waals surface area contributed by atoms with Gasteiger partial charge in [0.05, 0.1) is 6.61 Å². The molecule has 1 aromatic rings. The minimum atomic E-state index is 0.619. The van der Waals surface area contributed by atoms with Crippen LogP contribution >= 0.6 is 0 Å². The Morgan fingerprint density at radius 3 is 2.94 bits per heavy atom. The molecule has 1 unspecified atom stereocenters. The van der Waals surface area contributed by atoms with Gasteiger partial charge >= 0.3 is 0 Å². The van der Waals surface area contributed by atoms with Crippen LogP contribution in [0.5, 0.6) is 0 Å². The fraction of sp³-hybridized carbons (Fsp3) is 0.600. The van der Waals surface area contributed by atoms with Crippen molar-refractivity contribution >= 4 is 0 Å². The van der Waals surface area contributed by atoms with Crippen LogP contribution in [0, 0.1) is 5.92 Å². The molecule has 3 heteroatoms. The molecule has 0 bridgehead atoms. The van der Waals surface area contributed by atoms with E-state index in [9.17, 15) is 0 Å². The average molecular weight is 248 g/mol. The number of hydrogen-bond donors (Lipinski definition) is 1. The molecule has 2 rings (SSSR count). The van der Waals surface area contributed by atoms with Crippen molar-refractivity contribution in [3.8, 4) is 0 Å². The number of rotatable bonds is 5. The Hall–Kier alpha value is -0.900. The number of ether oxygens (including phenoxy) is 1. The second kappa shape index (κ2) is 6.88. The van der Waals surface area contributed by atoms with E-state index < -0.39 is 0 Å². The molecule has 2 N–H and O–H groups in total. The number of nitrogens with zero attached hydrogens (tertiary/aromatic N) is 1. The lowest BCUT2D eigenvalue weighted by molar-refractivity contribution is 0.0411. The number of benzene rings is 1. The molecule has 1 aliphatic heterocycles. The first-order valence-corrected chi connectivity index (χ1v) is 6.82. The summed E-state index contributed by atoms with van der Waals surface area (Å²) in [6.07, 6.45) is 2.51. The normalized spacial score (nSPS) is 20.3. The predicted molar refractivity (Wildman–Crippen MR) is 74.2 cm³/mol. The summed E-state index contributed by atoms with van der Waals surface area (Å²) in [6, 6.07) is 8.55. The van der Waals surface area contributed by atoms with Gasteiger partial charge in [-0.05, 0) is 36.9 Å². The Balaban J connectivity index is 1.83. The SMILES string of the molecule is CN(Cc1cccc(CN)c1)CC1CCCOC1. The van der Waals surface area contributed by atoms with E-state index in [-0.39, 0.29) is 0 Å². The van der Waals surface area contributed by atoms with Gasteiger partial charge in [-0.2, -0.15) is 0 Å². The lowest BCUT2D eigenvalue weighted by atomic mass is 10.0. The van der Waals surface area contributed by atoms with E-state index in [2.05, 4.69) is 36.2 Å². The molecule has 0 aromatic heterocycles. The van der Waals surface area contributed by atoms with E-state index in [1.54, 1.807) is 0 Å². The zero-order valence-corrected chi connectivity index (χ0v) is 11.3. The molecular formula is C15H24N2O. The maximum Gasteiger partial charge on any atom is 0.0506 e. The fourth-order valence-corrected chi connectivity index (χ4v) is 2.62. The molecule has 1 aliphatic rings. The summed E-state index contributed by atoms with van der Waals surface area (Å²) in [5, 5.41) is 0. The van der Waals surface area contributed by atoms with Gasteiger partial charge in [-0.15, -0.1) is 0 Å². The molecule has 0 saturated carbocycles. The molecule has 3 nitrogen and oxygen atoms in total. The molecule has 1 fully saturated rings. The van der Waals surface area contributed by atoms with E-state index in [1.807, 2.05) is 0 Å². The van der Waals surface area contributed by atoms with Gasteiger partial charge < -0.3 is 15.4 Å². The summed E-state index contributed by atoms with van der Waals surface area (Å²) < 4.78 is 5.53. The van der Waals surface area contributed by atoms with E-state index in [0.29, 0.717) is 12.5 Å². The first-order valence-electron chi connectivity index (χ1n) is 6.82. The summed E-state index contributed by atoms with van der Waals surface area (Å²) in [5.74, 6) is 0.696. The lowest BCUT2D eigenvalue weighted by Crippen LogP contribution is -2.30.